The van der Waals surface area contributed by atoms with Gasteiger partial charge < -0.3 is 5.32 Å². The van der Waals surface area contributed by atoms with Gasteiger partial charge in [0.1, 0.15) is 0 Å². The van der Waals surface area contributed by atoms with Crippen LogP contribution in [0.4, 0.5) is 0 Å². The van der Waals surface area contributed by atoms with Crippen LogP contribution in [0.2, 0.25) is 9.36 Å². The molecule has 0 aliphatic carbocycles. The van der Waals surface area contributed by atoms with Gasteiger partial charge in [0.05, 0.1) is 21.1 Å². The van der Waals surface area contributed by atoms with Crippen molar-refractivity contribution in [2.75, 3.05) is 7.05 Å². The van der Waals surface area contributed by atoms with Crippen molar-refractivity contribution in [3.05, 3.63) is 50.4 Å². The van der Waals surface area contributed by atoms with Gasteiger partial charge in [-0.2, -0.15) is 0 Å². The summed E-state index contributed by atoms with van der Waals surface area (Å²) in [5.74, 6) is 0. The van der Waals surface area contributed by atoms with E-state index < -0.39 is 0 Å². The smallest absolute Gasteiger partial charge is 0.0931 e. The van der Waals surface area contributed by atoms with E-state index in [1.165, 1.54) is 4.88 Å². The molecule has 0 amide bonds. The molecule has 2 nitrogen and oxygen atoms in total. The highest BCUT2D eigenvalue weighted by molar-refractivity contribution is 7.16. The molecular weight excluding hydrogens is 275 g/mol. The quantitative estimate of drug-likeness (QED) is 0.921. The molecule has 1 N–H and O–H groups in total. The van der Waals surface area contributed by atoms with Crippen molar-refractivity contribution < 1.29 is 0 Å². The molecule has 0 fully saturated rings. The first-order valence-corrected chi connectivity index (χ1v) is 6.79. The molecule has 0 saturated heterocycles. The average Bonchev–Trinajstić information content (AvgIpc) is 2.73. The second kappa shape index (κ2) is 5.83. The maximum atomic E-state index is 5.92. The van der Waals surface area contributed by atoms with Gasteiger partial charge >= 0.3 is 0 Å². The Morgan fingerprint density at radius 3 is 2.65 bits per heavy atom. The fourth-order valence-corrected chi connectivity index (χ4v) is 2.86. The molecule has 2 aromatic heterocycles. The summed E-state index contributed by atoms with van der Waals surface area (Å²) in [6.45, 7) is 0. The lowest BCUT2D eigenvalue weighted by Crippen LogP contribution is -2.19. The molecule has 1 unspecified atom stereocenters. The lowest BCUT2D eigenvalue weighted by molar-refractivity contribution is 0.580. The molecule has 0 bridgehead atoms. The Morgan fingerprint density at radius 2 is 2.12 bits per heavy atom. The van der Waals surface area contributed by atoms with Crippen LogP contribution in [0.5, 0.6) is 0 Å². The molecule has 17 heavy (non-hydrogen) atoms. The summed E-state index contributed by atoms with van der Waals surface area (Å²) in [6.07, 6.45) is 2.55. The highest BCUT2D eigenvalue weighted by atomic mass is 35.5. The molecule has 0 aromatic carbocycles. The molecule has 0 aliphatic heterocycles. The first kappa shape index (κ1) is 12.8. The molecule has 90 valence electrons. The second-order valence-corrected chi connectivity index (χ2v) is 5.89. The monoisotopic (exact) mass is 286 g/mol. The van der Waals surface area contributed by atoms with Crippen LogP contribution in [0.15, 0.2) is 30.5 Å². The third-order valence-corrected chi connectivity index (χ3v) is 3.97. The van der Waals surface area contributed by atoms with Crippen molar-refractivity contribution in [3.63, 3.8) is 0 Å². The minimum atomic E-state index is 0.182. The Hall–Kier alpha value is -0.610. The van der Waals surface area contributed by atoms with Gasteiger partial charge in [-0.1, -0.05) is 23.2 Å². The number of halogens is 2. The van der Waals surface area contributed by atoms with E-state index in [1.54, 1.807) is 17.5 Å². The zero-order valence-electron chi connectivity index (χ0n) is 9.28. The molecule has 2 aromatic rings. The van der Waals surface area contributed by atoms with Crippen LogP contribution >= 0.6 is 34.5 Å². The summed E-state index contributed by atoms with van der Waals surface area (Å²) in [5, 5.41) is 3.91. The van der Waals surface area contributed by atoms with Crippen LogP contribution in [0.3, 0.4) is 0 Å². The van der Waals surface area contributed by atoms with E-state index in [-0.39, 0.29) is 6.04 Å². The summed E-state index contributed by atoms with van der Waals surface area (Å²) >= 11 is 13.3. The largest absolute Gasteiger partial charge is 0.311 e. The highest BCUT2D eigenvalue weighted by Gasteiger charge is 2.12. The predicted molar refractivity (Wildman–Crippen MR) is 74.1 cm³/mol. The van der Waals surface area contributed by atoms with E-state index in [2.05, 4.69) is 10.3 Å². The number of aromatic nitrogens is 1. The number of pyridine rings is 1. The lowest BCUT2D eigenvalue weighted by Gasteiger charge is -2.14. The summed E-state index contributed by atoms with van der Waals surface area (Å²) in [4.78, 5) is 5.57. The van der Waals surface area contributed by atoms with E-state index in [1.807, 2.05) is 31.3 Å². The van der Waals surface area contributed by atoms with Gasteiger partial charge in [-0.25, -0.2) is 0 Å². The third kappa shape index (κ3) is 3.42. The first-order valence-electron chi connectivity index (χ1n) is 5.22. The Balaban J connectivity index is 2.13. The van der Waals surface area contributed by atoms with Crippen LogP contribution in [-0.4, -0.2) is 12.0 Å². The normalized spacial score (nSPS) is 12.6. The summed E-state index contributed by atoms with van der Waals surface area (Å²) in [5.41, 5.74) is 0.987. The van der Waals surface area contributed by atoms with Gasteiger partial charge in [-0.05, 0) is 31.3 Å². The lowest BCUT2D eigenvalue weighted by atomic mass is 10.1. The Kier molecular flexibility index (Phi) is 4.40. The predicted octanol–water partition coefficient (Wildman–Crippen LogP) is 3.95. The molecule has 1 atom stereocenters. The van der Waals surface area contributed by atoms with Crippen molar-refractivity contribution in [1.82, 2.24) is 10.3 Å². The van der Waals surface area contributed by atoms with Crippen LogP contribution in [0.1, 0.15) is 16.6 Å². The fraction of sp³-hybridized carbons (Fsp3) is 0.250. The molecule has 2 heterocycles. The zero-order chi connectivity index (χ0) is 12.3. The van der Waals surface area contributed by atoms with Crippen LogP contribution in [-0.2, 0) is 6.42 Å². The minimum absolute atomic E-state index is 0.182. The van der Waals surface area contributed by atoms with Gasteiger partial charge in [0.15, 0.2) is 0 Å². The maximum absolute atomic E-state index is 5.92. The zero-order valence-corrected chi connectivity index (χ0v) is 11.6. The number of thiophene rings is 1. The average molecular weight is 287 g/mol. The van der Waals surface area contributed by atoms with Gasteiger partial charge in [-0.15, -0.1) is 11.3 Å². The maximum Gasteiger partial charge on any atom is 0.0931 e. The molecule has 0 radical (unpaired) electrons. The molecule has 0 spiro atoms. The van der Waals surface area contributed by atoms with Gasteiger partial charge in [-0.3, -0.25) is 4.98 Å². The van der Waals surface area contributed by atoms with Gasteiger partial charge in [0.25, 0.3) is 0 Å². The number of nitrogens with zero attached hydrogens (tertiary/aromatic N) is 1. The SMILES string of the molecule is CNC(Cc1ccc(Cl)s1)c1ccc(Cl)cn1. The number of nitrogens with one attached hydrogen (secondary N) is 1. The van der Waals surface area contributed by atoms with Crippen molar-refractivity contribution >= 4 is 34.5 Å². The first-order chi connectivity index (χ1) is 8.19. The third-order valence-electron chi connectivity index (χ3n) is 2.49. The van der Waals surface area contributed by atoms with Crippen molar-refractivity contribution in [2.24, 2.45) is 0 Å². The Bertz CT molecular complexity index is 482. The Morgan fingerprint density at radius 1 is 1.29 bits per heavy atom. The highest BCUT2D eigenvalue weighted by Crippen LogP contribution is 2.26. The van der Waals surface area contributed by atoms with Crippen molar-refractivity contribution in [2.45, 2.75) is 12.5 Å². The van der Waals surface area contributed by atoms with E-state index in [4.69, 9.17) is 23.2 Å². The Labute approximate surface area is 115 Å². The number of hydrogen-bond donors (Lipinski definition) is 1. The minimum Gasteiger partial charge on any atom is -0.311 e. The molecule has 0 aliphatic rings. The van der Waals surface area contributed by atoms with Crippen LogP contribution < -0.4 is 5.32 Å². The topological polar surface area (TPSA) is 24.9 Å². The molecule has 2 rings (SSSR count). The van der Waals surface area contributed by atoms with E-state index in [0.29, 0.717) is 5.02 Å². The fourth-order valence-electron chi connectivity index (χ4n) is 1.61. The number of likely N-dealkylation sites (N-methyl/N-ethyl adjacent to an activating group) is 1. The van der Waals surface area contributed by atoms with Crippen LogP contribution in [0, 0.1) is 0 Å². The summed E-state index contributed by atoms with van der Waals surface area (Å²) < 4.78 is 0.818. The number of hydrogen-bond acceptors (Lipinski definition) is 3. The molecule has 0 saturated carbocycles. The van der Waals surface area contributed by atoms with Gasteiger partial charge in [0, 0.05) is 17.5 Å². The number of rotatable bonds is 4. The van der Waals surface area contributed by atoms with Crippen molar-refractivity contribution in [1.29, 1.82) is 0 Å². The van der Waals surface area contributed by atoms with Crippen molar-refractivity contribution in [3.8, 4) is 0 Å². The second-order valence-electron chi connectivity index (χ2n) is 3.65. The molecule has 5 heteroatoms. The molecular formula is C12H12Cl2N2S. The van der Waals surface area contributed by atoms with Crippen LogP contribution in [0.25, 0.3) is 0 Å². The van der Waals surface area contributed by atoms with E-state index >= 15 is 0 Å². The summed E-state index contributed by atoms with van der Waals surface area (Å²) in [7, 11) is 1.93. The van der Waals surface area contributed by atoms with E-state index in [0.717, 1.165) is 16.5 Å². The van der Waals surface area contributed by atoms with E-state index in [9.17, 15) is 0 Å². The standard InChI is InChI=1S/C12H12Cl2N2S/c1-15-11(6-9-3-5-12(14)17-9)10-4-2-8(13)7-16-10/h2-5,7,11,15H,6H2,1H3. The van der Waals surface area contributed by atoms with Gasteiger partial charge in [0.2, 0.25) is 0 Å². The summed E-state index contributed by atoms with van der Waals surface area (Å²) in [6, 6.07) is 7.95.